The zero-order valence-electron chi connectivity index (χ0n) is 15.2. The summed E-state index contributed by atoms with van der Waals surface area (Å²) in [5, 5.41) is 10.9. The Bertz CT molecular complexity index is 657. The van der Waals surface area contributed by atoms with E-state index < -0.39 is 0 Å². The fourth-order valence-electron chi connectivity index (χ4n) is 2.38. The maximum Gasteiger partial charge on any atom is 0.191 e. The van der Waals surface area contributed by atoms with E-state index in [0.29, 0.717) is 13.2 Å². The molecule has 0 unspecified atom stereocenters. The summed E-state index contributed by atoms with van der Waals surface area (Å²) in [4.78, 5) is 4.26. The number of aliphatic imine (C=N–C) groups is 1. The van der Waals surface area contributed by atoms with Gasteiger partial charge in [0.2, 0.25) is 0 Å². The highest BCUT2D eigenvalue weighted by Gasteiger charge is 2.06. The Labute approximate surface area is 154 Å². The van der Waals surface area contributed by atoms with Crippen molar-refractivity contribution < 1.29 is 9.47 Å². The molecule has 0 saturated carbocycles. The molecule has 0 fully saturated rings. The summed E-state index contributed by atoms with van der Waals surface area (Å²) in [6, 6.07) is 8.22. The molecule has 2 rings (SSSR count). The van der Waals surface area contributed by atoms with Gasteiger partial charge in [-0.05, 0) is 60.4 Å². The van der Waals surface area contributed by atoms with Crippen LogP contribution in [0.2, 0.25) is 0 Å². The predicted molar refractivity (Wildman–Crippen MR) is 105 cm³/mol. The van der Waals surface area contributed by atoms with Crippen LogP contribution in [0.5, 0.6) is 11.5 Å². The van der Waals surface area contributed by atoms with Gasteiger partial charge < -0.3 is 20.1 Å². The van der Waals surface area contributed by atoms with Crippen molar-refractivity contribution >= 4 is 17.3 Å². The molecule has 25 heavy (non-hydrogen) atoms. The molecule has 0 aliphatic heterocycles. The minimum Gasteiger partial charge on any atom is -0.490 e. The van der Waals surface area contributed by atoms with Crippen molar-refractivity contribution in [2.24, 2.45) is 4.99 Å². The number of thiophene rings is 1. The highest BCUT2D eigenvalue weighted by molar-refractivity contribution is 7.07. The fraction of sp³-hybridized carbons (Fsp3) is 0.421. The second kappa shape index (κ2) is 10.6. The van der Waals surface area contributed by atoms with E-state index in [9.17, 15) is 0 Å². The van der Waals surface area contributed by atoms with Gasteiger partial charge in [-0.25, -0.2) is 0 Å². The van der Waals surface area contributed by atoms with Crippen LogP contribution in [-0.2, 0) is 13.0 Å². The molecule has 0 atom stereocenters. The van der Waals surface area contributed by atoms with Crippen molar-refractivity contribution in [2.45, 2.75) is 26.8 Å². The SMILES string of the molecule is CCOc1ccc(CCNC(=NC)NCc2ccsc2)cc1OCC. The molecule has 0 aliphatic rings. The molecule has 0 spiro atoms. The van der Waals surface area contributed by atoms with Crippen LogP contribution in [-0.4, -0.2) is 32.8 Å². The summed E-state index contributed by atoms with van der Waals surface area (Å²) in [5.41, 5.74) is 2.47. The Hall–Kier alpha value is -2.21. The zero-order valence-corrected chi connectivity index (χ0v) is 16.0. The van der Waals surface area contributed by atoms with Gasteiger partial charge in [-0.3, -0.25) is 4.99 Å². The van der Waals surface area contributed by atoms with Crippen molar-refractivity contribution in [3.8, 4) is 11.5 Å². The molecule has 2 aromatic rings. The topological polar surface area (TPSA) is 54.9 Å². The summed E-state index contributed by atoms with van der Waals surface area (Å²) in [7, 11) is 1.78. The molecule has 1 aromatic heterocycles. The summed E-state index contributed by atoms with van der Waals surface area (Å²) in [6.45, 7) is 6.78. The van der Waals surface area contributed by atoms with Crippen LogP contribution >= 0.6 is 11.3 Å². The fourth-order valence-corrected chi connectivity index (χ4v) is 3.04. The second-order valence-corrected chi connectivity index (χ2v) is 6.16. The quantitative estimate of drug-likeness (QED) is 0.531. The van der Waals surface area contributed by atoms with Crippen molar-refractivity contribution in [3.63, 3.8) is 0 Å². The van der Waals surface area contributed by atoms with Crippen LogP contribution in [0, 0.1) is 0 Å². The van der Waals surface area contributed by atoms with Crippen LogP contribution in [0.15, 0.2) is 40.0 Å². The Morgan fingerprint density at radius 3 is 2.52 bits per heavy atom. The minimum absolute atomic E-state index is 0.626. The highest BCUT2D eigenvalue weighted by Crippen LogP contribution is 2.28. The summed E-state index contributed by atoms with van der Waals surface area (Å²) in [5.74, 6) is 2.42. The predicted octanol–water partition coefficient (Wildman–Crippen LogP) is 3.45. The lowest BCUT2D eigenvalue weighted by Crippen LogP contribution is -2.37. The maximum atomic E-state index is 5.68. The van der Waals surface area contributed by atoms with Crippen LogP contribution < -0.4 is 20.1 Å². The minimum atomic E-state index is 0.626. The molecule has 2 N–H and O–H groups in total. The molecule has 0 aliphatic carbocycles. The first-order valence-corrected chi connectivity index (χ1v) is 9.55. The molecule has 136 valence electrons. The van der Waals surface area contributed by atoms with E-state index in [1.807, 2.05) is 19.9 Å². The zero-order chi connectivity index (χ0) is 17.9. The normalized spacial score (nSPS) is 11.2. The monoisotopic (exact) mass is 361 g/mol. The van der Waals surface area contributed by atoms with E-state index in [1.165, 1.54) is 11.1 Å². The van der Waals surface area contributed by atoms with Crippen LogP contribution in [0.4, 0.5) is 0 Å². The number of benzene rings is 1. The Morgan fingerprint density at radius 1 is 1.04 bits per heavy atom. The highest BCUT2D eigenvalue weighted by atomic mass is 32.1. The van der Waals surface area contributed by atoms with E-state index in [-0.39, 0.29) is 0 Å². The number of rotatable bonds is 9. The number of guanidine groups is 1. The van der Waals surface area contributed by atoms with Gasteiger partial charge >= 0.3 is 0 Å². The Balaban J connectivity index is 1.84. The van der Waals surface area contributed by atoms with Crippen LogP contribution in [0.1, 0.15) is 25.0 Å². The van der Waals surface area contributed by atoms with Gasteiger partial charge in [0.25, 0.3) is 0 Å². The standard InChI is InChI=1S/C19H27N3O2S/c1-4-23-17-7-6-15(12-18(17)24-5-2)8-10-21-19(20-3)22-13-16-9-11-25-14-16/h6-7,9,11-12,14H,4-5,8,10,13H2,1-3H3,(H2,20,21,22). The third-order valence-corrected chi connectivity index (χ3v) is 4.31. The number of ether oxygens (including phenoxy) is 2. The molecule has 0 radical (unpaired) electrons. The van der Waals surface area contributed by atoms with E-state index in [2.05, 4.69) is 44.6 Å². The largest absolute Gasteiger partial charge is 0.490 e. The lowest BCUT2D eigenvalue weighted by atomic mass is 10.1. The summed E-state index contributed by atoms with van der Waals surface area (Å²) >= 11 is 1.70. The maximum absolute atomic E-state index is 5.68. The van der Waals surface area contributed by atoms with Crippen LogP contribution in [0.25, 0.3) is 0 Å². The first kappa shape index (κ1) is 19.1. The number of hydrogen-bond donors (Lipinski definition) is 2. The Morgan fingerprint density at radius 2 is 1.84 bits per heavy atom. The van der Waals surface area contributed by atoms with Crippen molar-refractivity contribution in [2.75, 3.05) is 26.8 Å². The van der Waals surface area contributed by atoms with Crippen LogP contribution in [0.3, 0.4) is 0 Å². The Kier molecular flexibility index (Phi) is 8.12. The van der Waals surface area contributed by atoms with E-state index in [4.69, 9.17) is 9.47 Å². The average molecular weight is 362 g/mol. The van der Waals surface area contributed by atoms with E-state index >= 15 is 0 Å². The lowest BCUT2D eigenvalue weighted by molar-refractivity contribution is 0.287. The first-order valence-electron chi connectivity index (χ1n) is 8.60. The molecule has 1 heterocycles. The lowest BCUT2D eigenvalue weighted by Gasteiger charge is -2.14. The molecule has 5 nitrogen and oxygen atoms in total. The van der Waals surface area contributed by atoms with Gasteiger partial charge in [-0.15, -0.1) is 0 Å². The average Bonchev–Trinajstić information content (AvgIpc) is 3.14. The molecule has 0 saturated heterocycles. The first-order chi connectivity index (χ1) is 12.3. The molecule has 1 aromatic carbocycles. The van der Waals surface area contributed by atoms with Gasteiger partial charge in [0.15, 0.2) is 17.5 Å². The molecular weight excluding hydrogens is 334 g/mol. The molecular formula is C19H27N3O2S. The van der Waals surface area contributed by atoms with Crippen molar-refractivity contribution in [1.82, 2.24) is 10.6 Å². The van der Waals surface area contributed by atoms with Gasteiger partial charge in [0.1, 0.15) is 0 Å². The van der Waals surface area contributed by atoms with Gasteiger partial charge in [0.05, 0.1) is 13.2 Å². The third kappa shape index (κ3) is 6.31. The molecule has 0 amide bonds. The number of hydrogen-bond acceptors (Lipinski definition) is 4. The smallest absolute Gasteiger partial charge is 0.191 e. The molecule has 0 bridgehead atoms. The van der Waals surface area contributed by atoms with Crippen molar-refractivity contribution in [3.05, 3.63) is 46.2 Å². The van der Waals surface area contributed by atoms with Crippen molar-refractivity contribution in [1.29, 1.82) is 0 Å². The van der Waals surface area contributed by atoms with Gasteiger partial charge in [0, 0.05) is 20.1 Å². The van der Waals surface area contributed by atoms with E-state index in [1.54, 1.807) is 18.4 Å². The summed E-state index contributed by atoms with van der Waals surface area (Å²) < 4.78 is 11.3. The number of nitrogens with zero attached hydrogens (tertiary/aromatic N) is 1. The molecule has 6 heteroatoms. The number of nitrogens with one attached hydrogen (secondary N) is 2. The summed E-state index contributed by atoms with van der Waals surface area (Å²) in [6.07, 6.45) is 0.881. The van der Waals surface area contributed by atoms with Gasteiger partial charge in [-0.1, -0.05) is 6.07 Å². The van der Waals surface area contributed by atoms with Gasteiger partial charge in [-0.2, -0.15) is 11.3 Å². The van der Waals surface area contributed by atoms with E-state index in [0.717, 1.165) is 37.0 Å². The third-order valence-electron chi connectivity index (χ3n) is 3.58. The second-order valence-electron chi connectivity index (χ2n) is 5.38.